The molecule has 0 aliphatic carbocycles. The Hall–Kier alpha value is -2.35. The van der Waals surface area contributed by atoms with Crippen molar-refractivity contribution in [3.05, 3.63) is 29.3 Å². The molecule has 3 rings (SSSR count). The fraction of sp³-hybridized carbons (Fsp3) is 0.500. The van der Waals surface area contributed by atoms with Crippen molar-refractivity contribution in [2.75, 3.05) is 13.2 Å². The Balaban J connectivity index is 1.59. The minimum Gasteiger partial charge on any atom is -0.491 e. The van der Waals surface area contributed by atoms with Crippen LogP contribution in [0.2, 0.25) is 0 Å². The second-order valence-corrected chi connectivity index (χ2v) is 6.16. The first-order valence-electron chi connectivity index (χ1n) is 7.99. The maximum atomic E-state index is 12.5. The molecule has 0 spiro atoms. The van der Waals surface area contributed by atoms with Crippen LogP contribution in [0, 0.1) is 19.3 Å². The molecule has 1 amide bonds. The largest absolute Gasteiger partial charge is 0.491 e. The molecule has 0 unspecified atom stereocenters. The van der Waals surface area contributed by atoms with E-state index in [0.717, 1.165) is 17.7 Å². The highest BCUT2D eigenvalue weighted by Gasteiger charge is 2.39. The topological polar surface area (TPSA) is 54.3 Å². The lowest BCUT2D eigenvalue weighted by Gasteiger charge is -2.20. The molecule has 0 radical (unpaired) electrons. The molecule has 120 valence electrons. The smallest absolute Gasteiger partial charge is 0.223 e. The minimum absolute atomic E-state index is 0.125. The Kier molecular flexibility index (Phi) is 4.33. The molecule has 0 bridgehead atoms. The summed E-state index contributed by atoms with van der Waals surface area (Å²) < 4.78 is 5.74. The molecular formula is C18H21N3O2. The van der Waals surface area contributed by atoms with Gasteiger partial charge in [-0.1, -0.05) is 17.7 Å². The van der Waals surface area contributed by atoms with Crippen molar-refractivity contribution >= 4 is 5.91 Å². The van der Waals surface area contributed by atoms with Gasteiger partial charge in [0.2, 0.25) is 5.91 Å². The SMILES string of the molecule is C#CCCC1(CCC(=O)N2CCOc3ccc(C)cc3C2)N=N1. The van der Waals surface area contributed by atoms with Crippen LogP contribution in [-0.2, 0) is 11.3 Å². The Morgan fingerprint density at radius 3 is 3.00 bits per heavy atom. The molecule has 23 heavy (non-hydrogen) atoms. The van der Waals surface area contributed by atoms with E-state index in [1.54, 1.807) is 0 Å². The van der Waals surface area contributed by atoms with Gasteiger partial charge in [-0.15, -0.1) is 12.3 Å². The summed E-state index contributed by atoms with van der Waals surface area (Å²) in [5.41, 5.74) is 1.85. The summed E-state index contributed by atoms with van der Waals surface area (Å²) >= 11 is 0. The van der Waals surface area contributed by atoms with E-state index in [2.05, 4.69) is 22.2 Å². The highest BCUT2D eigenvalue weighted by atomic mass is 16.5. The van der Waals surface area contributed by atoms with E-state index in [9.17, 15) is 4.79 Å². The van der Waals surface area contributed by atoms with Crippen LogP contribution in [-0.4, -0.2) is 29.6 Å². The molecule has 0 aromatic heterocycles. The average Bonchev–Trinajstić information content (AvgIpc) is 3.34. The van der Waals surface area contributed by atoms with Crippen LogP contribution < -0.4 is 4.74 Å². The van der Waals surface area contributed by atoms with Crippen molar-refractivity contribution in [1.82, 2.24) is 4.90 Å². The van der Waals surface area contributed by atoms with Crippen molar-refractivity contribution in [2.24, 2.45) is 10.2 Å². The number of ether oxygens (including phenoxy) is 1. The quantitative estimate of drug-likeness (QED) is 0.785. The van der Waals surface area contributed by atoms with Gasteiger partial charge in [0.1, 0.15) is 12.4 Å². The third-order valence-electron chi connectivity index (χ3n) is 4.34. The predicted octanol–water partition coefficient (Wildman–Crippen LogP) is 3.07. The van der Waals surface area contributed by atoms with Crippen LogP contribution in [0.5, 0.6) is 5.75 Å². The van der Waals surface area contributed by atoms with E-state index in [0.29, 0.717) is 39.0 Å². The van der Waals surface area contributed by atoms with E-state index >= 15 is 0 Å². The lowest BCUT2D eigenvalue weighted by Crippen LogP contribution is -2.33. The number of amides is 1. The van der Waals surface area contributed by atoms with E-state index in [1.165, 1.54) is 5.56 Å². The third kappa shape index (κ3) is 3.70. The summed E-state index contributed by atoms with van der Waals surface area (Å²) in [6.45, 7) is 3.78. The third-order valence-corrected chi connectivity index (χ3v) is 4.34. The maximum Gasteiger partial charge on any atom is 0.223 e. The van der Waals surface area contributed by atoms with Gasteiger partial charge in [-0.2, -0.15) is 10.2 Å². The van der Waals surface area contributed by atoms with Gasteiger partial charge >= 0.3 is 0 Å². The standard InChI is InChI=1S/C18H21N3O2/c1-3-4-8-18(19-20-18)9-7-17(22)21-10-11-23-16-6-5-14(2)12-15(16)13-21/h1,5-6,12H,4,7-11,13H2,2H3. The Bertz CT molecular complexity index is 669. The molecule has 2 aliphatic rings. The van der Waals surface area contributed by atoms with Gasteiger partial charge in [0.25, 0.3) is 0 Å². The van der Waals surface area contributed by atoms with Crippen LogP contribution in [0.15, 0.2) is 28.4 Å². The highest BCUT2D eigenvalue weighted by molar-refractivity contribution is 5.76. The lowest BCUT2D eigenvalue weighted by atomic mass is 10.0. The van der Waals surface area contributed by atoms with Crippen LogP contribution in [0.3, 0.4) is 0 Å². The van der Waals surface area contributed by atoms with Crippen molar-refractivity contribution in [1.29, 1.82) is 0 Å². The van der Waals surface area contributed by atoms with Crippen LogP contribution >= 0.6 is 0 Å². The fourth-order valence-corrected chi connectivity index (χ4v) is 2.87. The predicted molar refractivity (Wildman–Crippen MR) is 87.0 cm³/mol. The molecule has 5 nitrogen and oxygen atoms in total. The van der Waals surface area contributed by atoms with E-state index in [1.807, 2.05) is 24.0 Å². The molecule has 0 N–H and O–H groups in total. The van der Waals surface area contributed by atoms with Gasteiger partial charge in [0.15, 0.2) is 5.66 Å². The van der Waals surface area contributed by atoms with Gasteiger partial charge in [0, 0.05) is 37.8 Å². The number of carbonyl (C=O) groups is 1. The second-order valence-electron chi connectivity index (χ2n) is 6.16. The molecule has 0 fully saturated rings. The van der Waals surface area contributed by atoms with Crippen molar-refractivity contribution in [3.8, 4) is 18.1 Å². The number of nitrogens with zero attached hydrogens (tertiary/aromatic N) is 3. The average molecular weight is 311 g/mol. The van der Waals surface area contributed by atoms with Crippen LogP contribution in [0.1, 0.15) is 36.8 Å². The van der Waals surface area contributed by atoms with Gasteiger partial charge in [-0.05, 0) is 13.0 Å². The van der Waals surface area contributed by atoms with Gasteiger partial charge in [-0.25, -0.2) is 0 Å². The number of carbonyl (C=O) groups excluding carboxylic acids is 1. The van der Waals surface area contributed by atoms with E-state index < -0.39 is 5.66 Å². The lowest BCUT2D eigenvalue weighted by molar-refractivity contribution is -0.132. The zero-order valence-corrected chi connectivity index (χ0v) is 13.4. The zero-order valence-electron chi connectivity index (χ0n) is 13.4. The number of rotatable bonds is 5. The molecular weight excluding hydrogens is 290 g/mol. The van der Waals surface area contributed by atoms with E-state index in [4.69, 9.17) is 11.2 Å². The first-order chi connectivity index (χ1) is 11.1. The molecule has 2 aliphatic heterocycles. The van der Waals surface area contributed by atoms with Crippen molar-refractivity contribution in [3.63, 3.8) is 0 Å². The Morgan fingerprint density at radius 2 is 2.26 bits per heavy atom. The number of benzene rings is 1. The Labute approximate surface area is 136 Å². The monoisotopic (exact) mass is 311 g/mol. The molecule has 0 saturated carbocycles. The zero-order chi connectivity index (χ0) is 16.3. The second kappa shape index (κ2) is 6.41. The minimum atomic E-state index is -0.390. The molecule has 2 heterocycles. The number of terminal acetylenes is 1. The van der Waals surface area contributed by atoms with Gasteiger partial charge < -0.3 is 9.64 Å². The first kappa shape index (κ1) is 15.5. The molecule has 1 aromatic rings. The van der Waals surface area contributed by atoms with Crippen molar-refractivity contribution < 1.29 is 9.53 Å². The van der Waals surface area contributed by atoms with E-state index in [-0.39, 0.29) is 5.91 Å². The number of aryl methyl sites for hydroxylation is 1. The van der Waals surface area contributed by atoms with Gasteiger partial charge in [-0.3, -0.25) is 4.79 Å². The summed E-state index contributed by atoms with van der Waals surface area (Å²) in [6.07, 6.45) is 7.76. The normalized spacial score (nSPS) is 17.7. The molecule has 0 atom stereocenters. The van der Waals surface area contributed by atoms with Gasteiger partial charge in [0.05, 0.1) is 6.54 Å². The Morgan fingerprint density at radius 1 is 1.43 bits per heavy atom. The summed E-state index contributed by atoms with van der Waals surface area (Å²) in [6, 6.07) is 6.10. The molecule has 0 saturated heterocycles. The first-order valence-corrected chi connectivity index (χ1v) is 7.99. The van der Waals surface area contributed by atoms with Crippen LogP contribution in [0.4, 0.5) is 0 Å². The maximum absolute atomic E-state index is 12.5. The summed E-state index contributed by atoms with van der Waals surface area (Å²) in [5, 5.41) is 8.18. The molecule has 5 heteroatoms. The summed E-state index contributed by atoms with van der Waals surface area (Å²) in [7, 11) is 0. The van der Waals surface area contributed by atoms with Crippen molar-refractivity contribution in [2.45, 2.75) is 44.8 Å². The number of hydrogen-bond donors (Lipinski definition) is 0. The molecule has 1 aromatic carbocycles. The van der Waals surface area contributed by atoms with Crippen LogP contribution in [0.25, 0.3) is 0 Å². The number of hydrogen-bond acceptors (Lipinski definition) is 4. The summed E-state index contributed by atoms with van der Waals surface area (Å²) in [4.78, 5) is 14.4. The highest BCUT2D eigenvalue weighted by Crippen LogP contribution is 2.37. The fourth-order valence-electron chi connectivity index (χ4n) is 2.87. The summed E-state index contributed by atoms with van der Waals surface area (Å²) in [5.74, 6) is 3.61. The number of fused-ring (bicyclic) bond motifs is 1.